The Bertz CT molecular complexity index is 312. The minimum absolute atomic E-state index is 0.189. The van der Waals surface area contributed by atoms with Crippen LogP contribution in [0.4, 0.5) is 0 Å². The highest BCUT2D eigenvalue weighted by Gasteiger charge is 2.10. The van der Waals surface area contributed by atoms with E-state index >= 15 is 0 Å². The summed E-state index contributed by atoms with van der Waals surface area (Å²) in [4.78, 5) is 10.4. The molecule has 3 heteroatoms. The molecule has 0 radical (unpaired) electrons. The minimum Gasteiger partial charge on any atom is -0.481 e. The Labute approximate surface area is 143 Å². The predicted molar refractivity (Wildman–Crippen MR) is 97.6 cm³/mol. The summed E-state index contributed by atoms with van der Waals surface area (Å²) in [6, 6.07) is 0. The number of carbonyl (C=O) groups is 1. The van der Waals surface area contributed by atoms with E-state index in [4.69, 9.17) is 5.11 Å². The van der Waals surface area contributed by atoms with Gasteiger partial charge in [-0.3, -0.25) is 4.79 Å². The van der Waals surface area contributed by atoms with Crippen molar-refractivity contribution in [1.29, 1.82) is 0 Å². The molecule has 136 valence electrons. The Kier molecular flexibility index (Phi) is 14.2. The molecule has 2 N–H and O–H groups in total. The van der Waals surface area contributed by atoms with Crippen LogP contribution in [-0.4, -0.2) is 22.3 Å². The molecule has 23 heavy (non-hydrogen) atoms. The third-order valence-electron chi connectivity index (χ3n) is 4.70. The fourth-order valence-electron chi connectivity index (χ4n) is 2.64. The van der Waals surface area contributed by atoms with Gasteiger partial charge in [0.25, 0.3) is 0 Å². The maximum atomic E-state index is 10.4. The fourth-order valence-corrected chi connectivity index (χ4v) is 2.64. The summed E-state index contributed by atoms with van der Waals surface area (Å²) in [5, 5.41) is 18.7. The van der Waals surface area contributed by atoms with Gasteiger partial charge in [-0.05, 0) is 37.5 Å². The first-order chi connectivity index (χ1) is 11.0. The van der Waals surface area contributed by atoms with Crippen LogP contribution in [0.15, 0.2) is 12.2 Å². The second-order valence-electron chi connectivity index (χ2n) is 7.00. The number of hydrogen-bond donors (Lipinski definition) is 2. The zero-order chi connectivity index (χ0) is 17.5. The van der Waals surface area contributed by atoms with E-state index in [0.29, 0.717) is 6.42 Å². The standard InChI is InChI=1S/C20H38O3/c1-4-17(2)13-9-6-5-7-10-14-18(3)19(21)15-11-8-12-16-20(22)23/h10,14,17-19,21H,4-9,11-13,15-16H2,1-3H3,(H,22,23)/t17-,18-,19+/m0/s1. The average Bonchev–Trinajstić information content (AvgIpc) is 2.52. The molecule has 3 nitrogen and oxygen atoms in total. The Morgan fingerprint density at radius 1 is 1.00 bits per heavy atom. The smallest absolute Gasteiger partial charge is 0.303 e. The maximum Gasteiger partial charge on any atom is 0.303 e. The summed E-state index contributed by atoms with van der Waals surface area (Å²) in [6.45, 7) is 6.64. The lowest BCUT2D eigenvalue weighted by Crippen LogP contribution is -2.15. The predicted octanol–water partition coefficient (Wildman–Crippen LogP) is 5.57. The van der Waals surface area contributed by atoms with Crippen LogP contribution >= 0.6 is 0 Å². The van der Waals surface area contributed by atoms with Crippen molar-refractivity contribution in [2.24, 2.45) is 11.8 Å². The Balaban J connectivity index is 3.58. The van der Waals surface area contributed by atoms with Crippen LogP contribution in [0.3, 0.4) is 0 Å². The highest BCUT2D eigenvalue weighted by molar-refractivity contribution is 5.66. The molecule has 0 heterocycles. The van der Waals surface area contributed by atoms with Crippen LogP contribution in [0.25, 0.3) is 0 Å². The molecule has 0 bridgehead atoms. The van der Waals surface area contributed by atoms with E-state index in [1.165, 1.54) is 32.1 Å². The molecule has 0 aliphatic heterocycles. The summed E-state index contributed by atoms with van der Waals surface area (Å²) in [6.07, 6.45) is 15.2. The molecule has 3 atom stereocenters. The van der Waals surface area contributed by atoms with Crippen molar-refractivity contribution in [2.75, 3.05) is 0 Å². The highest BCUT2D eigenvalue weighted by atomic mass is 16.4. The van der Waals surface area contributed by atoms with Crippen molar-refractivity contribution in [3.63, 3.8) is 0 Å². The molecule has 0 aliphatic carbocycles. The third-order valence-corrected chi connectivity index (χ3v) is 4.70. The van der Waals surface area contributed by atoms with Crippen molar-refractivity contribution in [3.8, 4) is 0 Å². The van der Waals surface area contributed by atoms with Crippen molar-refractivity contribution >= 4 is 5.97 Å². The lowest BCUT2D eigenvalue weighted by molar-refractivity contribution is -0.137. The SMILES string of the molecule is CC[C@H](C)CCCCCC=C[C@H](C)[C@H](O)CCCCCC(=O)O. The van der Waals surface area contributed by atoms with Crippen LogP contribution < -0.4 is 0 Å². The van der Waals surface area contributed by atoms with Crippen molar-refractivity contribution < 1.29 is 15.0 Å². The zero-order valence-electron chi connectivity index (χ0n) is 15.5. The lowest BCUT2D eigenvalue weighted by Gasteiger charge is -2.15. The molecule has 0 aromatic rings. The summed E-state index contributed by atoms with van der Waals surface area (Å²) in [7, 11) is 0. The van der Waals surface area contributed by atoms with Gasteiger partial charge in [0.1, 0.15) is 0 Å². The Morgan fingerprint density at radius 2 is 1.65 bits per heavy atom. The normalized spacial score (nSPS) is 15.7. The molecule has 0 aromatic carbocycles. The van der Waals surface area contributed by atoms with Crippen molar-refractivity contribution in [1.82, 2.24) is 0 Å². The van der Waals surface area contributed by atoms with Crippen LogP contribution in [0.5, 0.6) is 0 Å². The summed E-state index contributed by atoms with van der Waals surface area (Å²) >= 11 is 0. The van der Waals surface area contributed by atoms with E-state index in [1.807, 2.05) is 0 Å². The van der Waals surface area contributed by atoms with Gasteiger partial charge in [0.2, 0.25) is 0 Å². The van der Waals surface area contributed by atoms with Gasteiger partial charge in [-0.15, -0.1) is 0 Å². The lowest BCUT2D eigenvalue weighted by atomic mass is 9.97. The first kappa shape index (κ1) is 22.2. The molecular weight excluding hydrogens is 288 g/mol. The molecule has 0 amide bonds. The van der Waals surface area contributed by atoms with Crippen LogP contribution in [0.1, 0.15) is 91.4 Å². The number of carboxylic acid groups (broad SMARTS) is 1. The van der Waals surface area contributed by atoms with Crippen molar-refractivity contribution in [3.05, 3.63) is 12.2 Å². The van der Waals surface area contributed by atoms with E-state index in [0.717, 1.165) is 31.6 Å². The monoisotopic (exact) mass is 326 g/mol. The third kappa shape index (κ3) is 14.5. The molecule has 0 aromatic heterocycles. The summed E-state index contributed by atoms with van der Waals surface area (Å²) in [5.41, 5.74) is 0. The van der Waals surface area contributed by atoms with Crippen LogP contribution in [0.2, 0.25) is 0 Å². The van der Waals surface area contributed by atoms with E-state index in [-0.39, 0.29) is 18.4 Å². The second kappa shape index (κ2) is 14.7. The molecule has 0 fully saturated rings. The molecule has 0 unspecified atom stereocenters. The Morgan fingerprint density at radius 3 is 2.30 bits per heavy atom. The number of carboxylic acids is 1. The van der Waals surface area contributed by atoms with E-state index in [9.17, 15) is 9.90 Å². The van der Waals surface area contributed by atoms with E-state index in [2.05, 4.69) is 32.9 Å². The Hall–Kier alpha value is -0.830. The number of aliphatic carboxylic acids is 1. The average molecular weight is 327 g/mol. The quantitative estimate of drug-likeness (QED) is 0.305. The molecule has 0 rings (SSSR count). The van der Waals surface area contributed by atoms with Crippen LogP contribution in [-0.2, 0) is 4.79 Å². The zero-order valence-corrected chi connectivity index (χ0v) is 15.5. The first-order valence-corrected chi connectivity index (χ1v) is 9.53. The number of allylic oxidation sites excluding steroid dienone is 1. The van der Waals surface area contributed by atoms with Gasteiger partial charge >= 0.3 is 5.97 Å². The molecular formula is C20H38O3. The fraction of sp³-hybridized carbons (Fsp3) is 0.850. The van der Waals surface area contributed by atoms with Crippen LogP contribution in [0, 0.1) is 11.8 Å². The number of rotatable bonds is 15. The largest absolute Gasteiger partial charge is 0.481 e. The van der Waals surface area contributed by atoms with Gasteiger partial charge in [0.05, 0.1) is 6.10 Å². The number of aliphatic hydroxyl groups is 1. The number of hydrogen-bond acceptors (Lipinski definition) is 2. The second-order valence-corrected chi connectivity index (χ2v) is 7.00. The van der Waals surface area contributed by atoms with Gasteiger partial charge in [0, 0.05) is 6.42 Å². The number of unbranched alkanes of at least 4 members (excludes halogenated alkanes) is 5. The molecule has 0 spiro atoms. The topological polar surface area (TPSA) is 57.5 Å². The molecule has 0 aliphatic rings. The summed E-state index contributed by atoms with van der Waals surface area (Å²) in [5.74, 6) is 0.316. The molecule has 0 saturated carbocycles. The van der Waals surface area contributed by atoms with E-state index in [1.54, 1.807) is 0 Å². The summed E-state index contributed by atoms with van der Waals surface area (Å²) < 4.78 is 0. The van der Waals surface area contributed by atoms with Gasteiger partial charge in [-0.1, -0.05) is 71.4 Å². The van der Waals surface area contributed by atoms with Gasteiger partial charge in [-0.25, -0.2) is 0 Å². The van der Waals surface area contributed by atoms with E-state index < -0.39 is 5.97 Å². The molecule has 0 saturated heterocycles. The van der Waals surface area contributed by atoms with Gasteiger partial charge < -0.3 is 10.2 Å². The highest BCUT2D eigenvalue weighted by Crippen LogP contribution is 2.16. The van der Waals surface area contributed by atoms with Gasteiger partial charge in [0.15, 0.2) is 0 Å². The number of aliphatic hydroxyl groups excluding tert-OH is 1. The van der Waals surface area contributed by atoms with Crippen molar-refractivity contribution in [2.45, 2.75) is 97.5 Å². The maximum absolute atomic E-state index is 10.4. The van der Waals surface area contributed by atoms with Gasteiger partial charge in [-0.2, -0.15) is 0 Å². The minimum atomic E-state index is -0.731. The first-order valence-electron chi connectivity index (χ1n) is 9.53.